The number of hydrogen-bond donors (Lipinski definition) is 0. The van der Waals surface area contributed by atoms with Crippen LogP contribution in [0, 0.1) is 11.5 Å². The second-order valence-corrected chi connectivity index (χ2v) is 17.9. The summed E-state index contributed by atoms with van der Waals surface area (Å²) >= 11 is 5.10. The first-order valence-electron chi connectivity index (χ1n) is 15.4. The molecule has 0 saturated carbocycles. The summed E-state index contributed by atoms with van der Waals surface area (Å²) in [4.78, 5) is 19.0. The Morgan fingerprint density at radius 1 is 0.600 bits per heavy atom. The van der Waals surface area contributed by atoms with Crippen molar-refractivity contribution >= 4 is 66.0 Å². The van der Waals surface area contributed by atoms with E-state index in [-0.39, 0.29) is 41.9 Å². The van der Waals surface area contributed by atoms with E-state index in [2.05, 4.69) is 41.1 Å². The standard InChI is InChI=1S/C39H27ClF4N4Si.Zn/c1-49(2,3)23-22-26-27-14-16-29(45-27)35(24-10-6-4-7-11-24)31-18-20-33(47-31)37(38(41,42)39(40,43)44)34-21-19-32(48-34)36(25-12-8-5-9-13-25)30-17-15-28(26)46-30;/h4-21H,1-3H3;/q-2;+2. The molecule has 0 amide bonds. The minimum Gasteiger partial charge on any atom is -0.657 e. The van der Waals surface area contributed by atoms with E-state index in [1.807, 2.05) is 84.9 Å². The first-order chi connectivity index (χ1) is 23.3. The van der Waals surface area contributed by atoms with Gasteiger partial charge in [-0.15, -0.1) is 27.6 Å². The maximum atomic E-state index is 15.8. The van der Waals surface area contributed by atoms with Crippen LogP contribution in [0.4, 0.5) is 17.6 Å². The van der Waals surface area contributed by atoms with Gasteiger partial charge >= 0.3 is 30.8 Å². The fourth-order valence-corrected chi connectivity index (χ4v) is 6.32. The van der Waals surface area contributed by atoms with Gasteiger partial charge in [-0.3, -0.25) is 0 Å². The van der Waals surface area contributed by atoms with Gasteiger partial charge in [0.05, 0.1) is 22.8 Å². The molecular weight excluding hydrogens is 729 g/mol. The van der Waals surface area contributed by atoms with Gasteiger partial charge in [0.2, 0.25) is 0 Å². The number of fused-ring (bicyclic) bond motifs is 8. The molecule has 2 aromatic carbocycles. The van der Waals surface area contributed by atoms with Crippen LogP contribution in [0.5, 0.6) is 0 Å². The van der Waals surface area contributed by atoms with Gasteiger partial charge < -0.3 is 9.97 Å². The molecule has 0 aliphatic carbocycles. The van der Waals surface area contributed by atoms with E-state index in [0.717, 1.165) is 0 Å². The van der Waals surface area contributed by atoms with E-state index in [9.17, 15) is 8.78 Å². The second kappa shape index (κ2) is 13.3. The SMILES string of the molecule is C[Si](C)(C)C#Cc1c2nc(c(-c3ccccc3)c3ccc([n-]3)c(C(F)(F)C(F)(F)Cl)c3nc(c(-c4ccccc4)c4ccc1[n-]4)C=C3)C=C2.[Zn+2]. The summed E-state index contributed by atoms with van der Waals surface area (Å²) in [6.07, 6.45) is 6.44. The summed E-state index contributed by atoms with van der Waals surface area (Å²) in [6, 6.07) is 24.8. The molecule has 0 unspecified atom stereocenters. The van der Waals surface area contributed by atoms with E-state index in [0.29, 0.717) is 50.2 Å². The Morgan fingerprint density at radius 2 is 1.04 bits per heavy atom. The fourth-order valence-electron chi connectivity index (χ4n) is 5.73. The van der Waals surface area contributed by atoms with Gasteiger partial charge in [0.15, 0.2) is 0 Å². The Balaban J connectivity index is 0.00000432. The summed E-state index contributed by atoms with van der Waals surface area (Å²) in [6.45, 7) is 6.45. The van der Waals surface area contributed by atoms with Gasteiger partial charge in [0.1, 0.15) is 8.07 Å². The Morgan fingerprint density at radius 3 is 1.56 bits per heavy atom. The minimum absolute atomic E-state index is 0. The van der Waals surface area contributed by atoms with Crippen molar-refractivity contribution in [3.8, 4) is 33.7 Å². The maximum absolute atomic E-state index is 15.8. The summed E-state index contributed by atoms with van der Waals surface area (Å²) < 4.78 is 60.7. The topological polar surface area (TPSA) is 54.0 Å². The van der Waals surface area contributed by atoms with Crippen LogP contribution in [-0.4, -0.2) is 23.4 Å². The first kappa shape index (κ1) is 35.3. The van der Waals surface area contributed by atoms with Gasteiger partial charge in [-0.1, -0.05) is 110 Å². The number of nitrogens with zero attached hydrogens (tertiary/aromatic N) is 4. The van der Waals surface area contributed by atoms with Gasteiger partial charge in [-0.25, -0.2) is 9.97 Å². The quantitative estimate of drug-likeness (QED) is 0.0777. The molecule has 3 aromatic heterocycles. The third-order valence-electron chi connectivity index (χ3n) is 7.97. The Bertz CT molecular complexity index is 2360. The summed E-state index contributed by atoms with van der Waals surface area (Å²) in [5.74, 6) is -1.46. The third-order valence-corrected chi connectivity index (χ3v) is 9.08. The van der Waals surface area contributed by atoms with Crippen molar-refractivity contribution in [3.05, 3.63) is 119 Å². The molecule has 0 radical (unpaired) electrons. The zero-order chi connectivity index (χ0) is 34.6. The van der Waals surface area contributed by atoms with E-state index < -0.39 is 24.9 Å². The van der Waals surface area contributed by atoms with Crippen molar-refractivity contribution < 1.29 is 37.0 Å². The van der Waals surface area contributed by atoms with Crippen molar-refractivity contribution in [1.82, 2.24) is 19.9 Å². The molecule has 2 aliphatic heterocycles. The molecule has 0 saturated heterocycles. The van der Waals surface area contributed by atoms with Crippen molar-refractivity contribution in [2.24, 2.45) is 0 Å². The van der Waals surface area contributed by atoms with Gasteiger partial charge in [0.25, 0.3) is 0 Å². The molecule has 244 valence electrons. The zero-order valence-corrected chi connectivity index (χ0v) is 32.0. The molecule has 4 nitrogen and oxygen atoms in total. The summed E-state index contributed by atoms with van der Waals surface area (Å²) in [5, 5.41) is -4.94. The molecule has 8 bridgehead atoms. The van der Waals surface area contributed by atoms with Crippen LogP contribution in [0.15, 0.2) is 84.9 Å². The molecule has 0 fully saturated rings. The van der Waals surface area contributed by atoms with E-state index in [1.165, 1.54) is 24.3 Å². The van der Waals surface area contributed by atoms with Crippen LogP contribution in [0.2, 0.25) is 19.6 Å². The average Bonchev–Trinajstić information content (AvgIpc) is 3.88. The normalized spacial score (nSPS) is 12.7. The molecule has 2 aliphatic rings. The molecule has 0 atom stereocenters. The smallest absolute Gasteiger partial charge is 0.657 e. The Hall–Kier alpha value is -4.55. The molecule has 0 N–H and O–H groups in total. The number of rotatable bonds is 4. The number of alkyl halides is 5. The van der Waals surface area contributed by atoms with E-state index in [1.54, 1.807) is 0 Å². The van der Waals surface area contributed by atoms with Gasteiger partial charge in [-0.2, -0.15) is 17.6 Å². The van der Waals surface area contributed by atoms with Crippen molar-refractivity contribution in [1.29, 1.82) is 0 Å². The largest absolute Gasteiger partial charge is 2.00 e. The van der Waals surface area contributed by atoms with Crippen LogP contribution < -0.4 is 9.97 Å². The predicted molar refractivity (Wildman–Crippen MR) is 193 cm³/mol. The molecular formula is C39H27ClF4N4SiZn. The van der Waals surface area contributed by atoms with Crippen molar-refractivity contribution in [3.63, 3.8) is 0 Å². The number of benzene rings is 2. The summed E-state index contributed by atoms with van der Waals surface area (Å²) in [5.41, 5.74) is 7.33. The molecule has 11 heteroatoms. The fraction of sp³-hybridized carbons (Fsp3) is 0.128. The van der Waals surface area contributed by atoms with Crippen LogP contribution in [0.3, 0.4) is 0 Å². The van der Waals surface area contributed by atoms with Crippen LogP contribution in [-0.2, 0) is 25.4 Å². The minimum atomic E-state index is -4.94. The maximum Gasteiger partial charge on any atom is 2.00 e. The van der Waals surface area contributed by atoms with Gasteiger partial charge in [-0.05, 0) is 58.2 Å². The van der Waals surface area contributed by atoms with Crippen LogP contribution >= 0.6 is 11.6 Å². The van der Waals surface area contributed by atoms with Crippen LogP contribution in [0.1, 0.15) is 33.9 Å². The van der Waals surface area contributed by atoms with E-state index >= 15 is 8.78 Å². The average molecular weight is 757 g/mol. The number of aromatic nitrogens is 4. The van der Waals surface area contributed by atoms with E-state index in [4.69, 9.17) is 21.6 Å². The molecule has 7 rings (SSSR count). The molecule has 5 heterocycles. The zero-order valence-electron chi connectivity index (χ0n) is 27.3. The number of hydrogen-bond acceptors (Lipinski definition) is 2. The Kier molecular flexibility index (Phi) is 9.38. The second-order valence-electron chi connectivity index (χ2n) is 12.7. The Labute approximate surface area is 305 Å². The third kappa shape index (κ3) is 6.66. The van der Waals surface area contributed by atoms with Crippen molar-refractivity contribution in [2.75, 3.05) is 0 Å². The predicted octanol–water partition coefficient (Wildman–Crippen LogP) is 10.4. The monoisotopic (exact) mass is 754 g/mol. The number of halogens is 5. The summed E-state index contributed by atoms with van der Waals surface area (Å²) in [7, 11) is -1.84. The molecule has 0 spiro atoms. The van der Waals surface area contributed by atoms with Crippen molar-refractivity contribution in [2.45, 2.75) is 30.9 Å². The molecule has 5 aromatic rings. The van der Waals surface area contributed by atoms with Gasteiger partial charge in [0, 0.05) is 11.1 Å². The van der Waals surface area contributed by atoms with Crippen LogP contribution in [0.25, 0.3) is 68.6 Å². The first-order valence-corrected chi connectivity index (χ1v) is 19.3. The molecule has 50 heavy (non-hydrogen) atoms.